The molecule has 1 aromatic carbocycles. The normalized spacial score (nSPS) is 16.3. The van der Waals surface area contributed by atoms with Gasteiger partial charge in [0.1, 0.15) is 11.6 Å². The summed E-state index contributed by atoms with van der Waals surface area (Å²) in [6, 6.07) is 5.95. The Bertz CT molecular complexity index is 878. The Labute approximate surface area is 157 Å². The number of rotatable bonds is 6. The molecule has 2 aromatic heterocycles. The van der Waals surface area contributed by atoms with Crippen molar-refractivity contribution in [3.63, 3.8) is 0 Å². The van der Waals surface area contributed by atoms with Gasteiger partial charge in [-0.1, -0.05) is 11.6 Å². The summed E-state index contributed by atoms with van der Waals surface area (Å²) in [5, 5.41) is 1.95. The SMILES string of the molecule is O=C(CCc1ncc[nH]1)C1CCN(Cc2c[nH]c3ccc(Cl)cc23)CC1. The number of nitrogens with zero attached hydrogens (tertiary/aromatic N) is 2. The molecule has 3 aromatic rings. The molecular formula is C20H23ClN4O. The van der Waals surface area contributed by atoms with Gasteiger partial charge in [0, 0.05) is 59.8 Å². The van der Waals surface area contributed by atoms with Gasteiger partial charge in [0.2, 0.25) is 0 Å². The number of aromatic amines is 2. The molecule has 0 spiro atoms. The molecule has 4 rings (SSSR count). The van der Waals surface area contributed by atoms with E-state index >= 15 is 0 Å². The van der Waals surface area contributed by atoms with Gasteiger partial charge in [0.25, 0.3) is 0 Å². The van der Waals surface area contributed by atoms with Crippen molar-refractivity contribution < 1.29 is 4.79 Å². The fraction of sp³-hybridized carbons (Fsp3) is 0.400. The molecule has 1 aliphatic heterocycles. The number of hydrogen-bond acceptors (Lipinski definition) is 3. The Morgan fingerprint density at radius 2 is 2.12 bits per heavy atom. The van der Waals surface area contributed by atoms with Gasteiger partial charge in [0.15, 0.2) is 0 Å². The van der Waals surface area contributed by atoms with Crippen LogP contribution in [-0.4, -0.2) is 38.7 Å². The molecule has 5 nitrogen and oxygen atoms in total. The molecular weight excluding hydrogens is 348 g/mol. The summed E-state index contributed by atoms with van der Waals surface area (Å²) in [7, 11) is 0. The molecule has 0 amide bonds. The molecule has 0 saturated carbocycles. The van der Waals surface area contributed by atoms with Gasteiger partial charge in [-0.2, -0.15) is 0 Å². The van der Waals surface area contributed by atoms with Gasteiger partial charge >= 0.3 is 0 Å². The van der Waals surface area contributed by atoms with Crippen molar-refractivity contribution in [2.75, 3.05) is 13.1 Å². The zero-order valence-corrected chi connectivity index (χ0v) is 15.4. The van der Waals surface area contributed by atoms with Gasteiger partial charge in [-0.25, -0.2) is 4.98 Å². The first-order chi connectivity index (χ1) is 12.7. The Hall–Kier alpha value is -2.11. The molecule has 0 atom stereocenters. The number of benzene rings is 1. The van der Waals surface area contributed by atoms with E-state index in [2.05, 4.69) is 26.0 Å². The van der Waals surface area contributed by atoms with Crippen LogP contribution in [0.2, 0.25) is 5.02 Å². The highest BCUT2D eigenvalue weighted by atomic mass is 35.5. The third kappa shape index (κ3) is 3.84. The fourth-order valence-electron chi connectivity index (χ4n) is 3.82. The number of carbonyl (C=O) groups is 1. The Kier molecular flexibility index (Phi) is 5.09. The van der Waals surface area contributed by atoms with Crippen LogP contribution >= 0.6 is 11.6 Å². The van der Waals surface area contributed by atoms with E-state index in [1.807, 2.05) is 18.2 Å². The quantitative estimate of drug-likeness (QED) is 0.690. The van der Waals surface area contributed by atoms with E-state index in [0.717, 1.165) is 48.8 Å². The first kappa shape index (κ1) is 17.3. The van der Waals surface area contributed by atoms with Crippen LogP contribution in [0.3, 0.4) is 0 Å². The number of H-pyrrole nitrogens is 2. The third-order valence-corrected chi connectivity index (χ3v) is 5.56. The first-order valence-corrected chi connectivity index (χ1v) is 9.55. The topological polar surface area (TPSA) is 64.8 Å². The minimum atomic E-state index is 0.193. The van der Waals surface area contributed by atoms with Gasteiger partial charge in [-0.3, -0.25) is 9.69 Å². The number of ketones is 1. The Morgan fingerprint density at radius 3 is 2.88 bits per heavy atom. The lowest BCUT2D eigenvalue weighted by Gasteiger charge is -2.31. The second-order valence-corrected chi connectivity index (χ2v) is 7.49. The number of imidazole rings is 1. The zero-order chi connectivity index (χ0) is 17.9. The summed E-state index contributed by atoms with van der Waals surface area (Å²) in [5.74, 6) is 1.47. The molecule has 136 valence electrons. The number of aryl methyl sites for hydroxylation is 1. The van der Waals surface area contributed by atoms with Crippen LogP contribution in [0.5, 0.6) is 0 Å². The van der Waals surface area contributed by atoms with Crippen LogP contribution < -0.4 is 0 Å². The highest BCUT2D eigenvalue weighted by Crippen LogP contribution is 2.26. The lowest BCUT2D eigenvalue weighted by Crippen LogP contribution is -2.36. The van der Waals surface area contributed by atoms with Crippen molar-refractivity contribution >= 4 is 28.3 Å². The minimum Gasteiger partial charge on any atom is -0.361 e. The number of piperidine rings is 1. The van der Waals surface area contributed by atoms with Crippen molar-refractivity contribution in [3.05, 3.63) is 53.2 Å². The number of Topliss-reactive ketones (excluding diaryl/α,β-unsaturated/α-hetero) is 1. The molecule has 0 bridgehead atoms. The molecule has 0 radical (unpaired) electrons. The maximum absolute atomic E-state index is 12.4. The van der Waals surface area contributed by atoms with Crippen LogP contribution in [0.25, 0.3) is 10.9 Å². The van der Waals surface area contributed by atoms with E-state index in [-0.39, 0.29) is 5.92 Å². The summed E-state index contributed by atoms with van der Waals surface area (Å²) in [4.78, 5) is 25.4. The maximum atomic E-state index is 12.4. The molecule has 1 saturated heterocycles. The van der Waals surface area contributed by atoms with E-state index in [1.54, 1.807) is 12.4 Å². The second kappa shape index (κ2) is 7.64. The molecule has 3 heterocycles. The van der Waals surface area contributed by atoms with Crippen molar-refractivity contribution in [3.8, 4) is 0 Å². The standard InChI is InChI=1S/C20H23ClN4O/c21-16-1-2-18-17(11-16)15(12-24-18)13-25-9-5-14(6-10-25)19(26)3-4-20-22-7-8-23-20/h1-2,7-8,11-12,14,24H,3-6,9-10,13H2,(H,22,23). The van der Waals surface area contributed by atoms with E-state index in [4.69, 9.17) is 11.6 Å². The summed E-state index contributed by atoms with van der Waals surface area (Å²) in [6.07, 6.45) is 8.79. The van der Waals surface area contributed by atoms with Crippen LogP contribution in [0.1, 0.15) is 30.7 Å². The lowest BCUT2D eigenvalue weighted by molar-refractivity contribution is -0.124. The molecule has 0 aliphatic carbocycles. The number of nitrogens with one attached hydrogen (secondary N) is 2. The van der Waals surface area contributed by atoms with E-state index in [1.165, 1.54) is 10.9 Å². The second-order valence-electron chi connectivity index (χ2n) is 7.06. The van der Waals surface area contributed by atoms with Crippen molar-refractivity contribution in [1.82, 2.24) is 19.9 Å². The number of halogens is 1. The molecule has 1 fully saturated rings. The molecule has 26 heavy (non-hydrogen) atoms. The van der Waals surface area contributed by atoms with Gasteiger partial charge in [-0.05, 0) is 49.7 Å². The highest BCUT2D eigenvalue weighted by molar-refractivity contribution is 6.31. The van der Waals surface area contributed by atoms with Crippen LogP contribution in [0, 0.1) is 5.92 Å². The maximum Gasteiger partial charge on any atom is 0.136 e. The largest absolute Gasteiger partial charge is 0.361 e. The number of carbonyl (C=O) groups excluding carboxylic acids is 1. The van der Waals surface area contributed by atoms with Crippen LogP contribution in [0.4, 0.5) is 0 Å². The minimum absolute atomic E-state index is 0.193. The fourth-order valence-corrected chi connectivity index (χ4v) is 3.99. The van der Waals surface area contributed by atoms with Gasteiger partial charge < -0.3 is 9.97 Å². The Balaban J connectivity index is 1.30. The molecule has 2 N–H and O–H groups in total. The summed E-state index contributed by atoms with van der Waals surface area (Å²) in [6.45, 7) is 2.82. The Morgan fingerprint density at radius 1 is 1.27 bits per heavy atom. The first-order valence-electron chi connectivity index (χ1n) is 9.18. The number of likely N-dealkylation sites (tertiary alicyclic amines) is 1. The van der Waals surface area contributed by atoms with Crippen molar-refractivity contribution in [2.45, 2.75) is 32.2 Å². The van der Waals surface area contributed by atoms with Crippen molar-refractivity contribution in [2.24, 2.45) is 5.92 Å². The summed E-state index contributed by atoms with van der Waals surface area (Å²) in [5.41, 5.74) is 2.39. The van der Waals surface area contributed by atoms with E-state index < -0.39 is 0 Å². The third-order valence-electron chi connectivity index (χ3n) is 5.33. The number of aromatic nitrogens is 3. The molecule has 6 heteroatoms. The predicted molar refractivity (Wildman–Crippen MR) is 103 cm³/mol. The number of fused-ring (bicyclic) bond motifs is 1. The van der Waals surface area contributed by atoms with Gasteiger partial charge in [-0.15, -0.1) is 0 Å². The van der Waals surface area contributed by atoms with Gasteiger partial charge in [0.05, 0.1) is 0 Å². The predicted octanol–water partition coefficient (Wildman–Crippen LogP) is 3.96. The van der Waals surface area contributed by atoms with E-state index in [0.29, 0.717) is 18.6 Å². The van der Waals surface area contributed by atoms with Crippen molar-refractivity contribution in [1.29, 1.82) is 0 Å². The van der Waals surface area contributed by atoms with Crippen LogP contribution in [-0.2, 0) is 17.8 Å². The summed E-state index contributed by atoms with van der Waals surface area (Å²) < 4.78 is 0. The average molecular weight is 371 g/mol. The molecule has 1 aliphatic rings. The van der Waals surface area contributed by atoms with Crippen LogP contribution in [0.15, 0.2) is 36.8 Å². The monoisotopic (exact) mass is 370 g/mol. The van der Waals surface area contributed by atoms with E-state index in [9.17, 15) is 4.79 Å². The zero-order valence-electron chi connectivity index (χ0n) is 14.7. The average Bonchev–Trinajstić information content (AvgIpc) is 3.30. The number of hydrogen-bond donors (Lipinski definition) is 2. The highest BCUT2D eigenvalue weighted by Gasteiger charge is 2.25. The lowest BCUT2D eigenvalue weighted by atomic mass is 9.90. The molecule has 0 unspecified atom stereocenters. The summed E-state index contributed by atoms with van der Waals surface area (Å²) >= 11 is 6.14. The smallest absolute Gasteiger partial charge is 0.136 e.